The summed E-state index contributed by atoms with van der Waals surface area (Å²) in [6.45, 7) is 24.3. The van der Waals surface area contributed by atoms with Crippen molar-refractivity contribution in [1.82, 2.24) is 23.9 Å². The van der Waals surface area contributed by atoms with E-state index in [0.717, 1.165) is 29.7 Å². The third-order valence-electron chi connectivity index (χ3n) is 7.75. The Labute approximate surface area is 250 Å². The van der Waals surface area contributed by atoms with E-state index in [2.05, 4.69) is 146 Å². The van der Waals surface area contributed by atoms with Gasteiger partial charge in [-0.2, -0.15) is 5.10 Å². The van der Waals surface area contributed by atoms with E-state index < -0.39 is 0 Å². The first-order valence-corrected chi connectivity index (χ1v) is 15.2. The molecule has 0 unspecified atom stereocenters. The highest BCUT2D eigenvalue weighted by molar-refractivity contribution is 5.34. The maximum absolute atomic E-state index is 4.63. The zero-order chi connectivity index (χ0) is 30.8. The van der Waals surface area contributed by atoms with Crippen LogP contribution in [-0.2, 0) is 36.8 Å². The fourth-order valence-electron chi connectivity index (χ4n) is 5.11. The van der Waals surface area contributed by atoms with Crippen LogP contribution in [0, 0.1) is 6.92 Å². The molecule has 5 heteroatoms. The van der Waals surface area contributed by atoms with E-state index in [4.69, 9.17) is 0 Å². The lowest BCUT2D eigenvalue weighted by molar-refractivity contribution is 0.543. The minimum absolute atomic E-state index is 0.00997. The standard InChI is InChI=1S/C14H19N3.C12H19N.C10H17N/c1-5-12-15-13(14(2,3)4)16-17(12)11-9-7-6-8-10-11;1-12(2,3)10-7-8-13(4)11(10)9-5-6-9;1-8-9(10(2,3)4)6-7-11(8)5/h6-10H,5H2,1-4H3;7-9H,5-6H2,1-4H3;6-7H,1-5H3. The summed E-state index contributed by atoms with van der Waals surface area (Å²) in [6.07, 6.45) is 7.99. The molecule has 1 aliphatic carbocycles. The molecule has 0 N–H and O–H groups in total. The van der Waals surface area contributed by atoms with Gasteiger partial charge in [0.05, 0.1) is 5.69 Å². The van der Waals surface area contributed by atoms with Crippen LogP contribution in [0.2, 0.25) is 0 Å². The summed E-state index contributed by atoms with van der Waals surface area (Å²) in [5, 5.41) is 4.63. The van der Waals surface area contributed by atoms with Crippen LogP contribution < -0.4 is 0 Å². The van der Waals surface area contributed by atoms with Crippen LogP contribution in [0.15, 0.2) is 54.9 Å². The number of hydrogen-bond acceptors (Lipinski definition) is 2. The Kier molecular flexibility index (Phi) is 9.83. The van der Waals surface area contributed by atoms with Crippen molar-refractivity contribution in [3.8, 4) is 5.69 Å². The Balaban J connectivity index is 0.000000174. The van der Waals surface area contributed by atoms with E-state index in [-0.39, 0.29) is 10.8 Å². The summed E-state index contributed by atoms with van der Waals surface area (Å²) < 4.78 is 6.42. The van der Waals surface area contributed by atoms with E-state index in [1.54, 1.807) is 5.69 Å². The summed E-state index contributed by atoms with van der Waals surface area (Å²) in [7, 11) is 4.26. The van der Waals surface area contributed by atoms with Crippen molar-refractivity contribution in [2.75, 3.05) is 0 Å². The Morgan fingerprint density at radius 1 is 0.732 bits per heavy atom. The van der Waals surface area contributed by atoms with E-state index in [1.807, 2.05) is 22.9 Å². The molecular weight excluding hydrogens is 502 g/mol. The zero-order valence-corrected chi connectivity index (χ0v) is 28.1. The quantitative estimate of drug-likeness (QED) is 0.252. The van der Waals surface area contributed by atoms with Gasteiger partial charge in [-0.25, -0.2) is 9.67 Å². The molecule has 41 heavy (non-hydrogen) atoms. The second kappa shape index (κ2) is 12.4. The fourth-order valence-corrected chi connectivity index (χ4v) is 5.11. The largest absolute Gasteiger partial charge is 0.354 e. The van der Waals surface area contributed by atoms with Crippen molar-refractivity contribution >= 4 is 0 Å². The van der Waals surface area contributed by atoms with Gasteiger partial charge in [-0.05, 0) is 71.9 Å². The Hall–Kier alpha value is -3.08. The molecule has 5 nitrogen and oxygen atoms in total. The molecule has 0 radical (unpaired) electrons. The minimum Gasteiger partial charge on any atom is -0.354 e. The van der Waals surface area contributed by atoms with Crippen molar-refractivity contribution in [3.63, 3.8) is 0 Å². The van der Waals surface area contributed by atoms with Gasteiger partial charge in [-0.15, -0.1) is 0 Å². The van der Waals surface area contributed by atoms with Crippen LogP contribution in [-0.4, -0.2) is 23.9 Å². The van der Waals surface area contributed by atoms with Crippen molar-refractivity contribution in [2.45, 2.75) is 118 Å². The third kappa shape index (κ3) is 8.24. The topological polar surface area (TPSA) is 40.6 Å². The van der Waals surface area contributed by atoms with Crippen LogP contribution in [0.5, 0.6) is 0 Å². The van der Waals surface area contributed by atoms with Gasteiger partial charge in [0.2, 0.25) is 0 Å². The molecule has 4 aromatic rings. The number of rotatable bonds is 3. The first-order valence-electron chi connectivity index (χ1n) is 15.2. The average Bonchev–Trinajstić information content (AvgIpc) is 3.31. The van der Waals surface area contributed by atoms with E-state index in [1.165, 1.54) is 29.7 Å². The number of nitrogens with zero attached hydrogens (tertiary/aromatic N) is 5. The SMILES string of the molecule is CCc1nc(C(C)(C)C)nn1-c1ccccc1.Cc1c(C(C)(C)C)ccn1C.Cn1ccc(C(C)(C)C)c1C1CC1. The Morgan fingerprint density at radius 3 is 1.68 bits per heavy atom. The molecule has 224 valence electrons. The molecule has 1 saturated carbocycles. The van der Waals surface area contributed by atoms with E-state index in [9.17, 15) is 0 Å². The lowest BCUT2D eigenvalue weighted by atomic mass is 9.86. The Bertz CT molecular complexity index is 1390. The summed E-state index contributed by atoms with van der Waals surface area (Å²) in [4.78, 5) is 4.63. The van der Waals surface area contributed by atoms with Gasteiger partial charge in [0, 0.05) is 49.7 Å². The van der Waals surface area contributed by atoms with E-state index >= 15 is 0 Å². The maximum atomic E-state index is 4.63. The van der Waals surface area contributed by atoms with Gasteiger partial charge in [-0.3, -0.25) is 0 Å². The number of aryl methyl sites for hydroxylation is 3. The third-order valence-corrected chi connectivity index (χ3v) is 7.75. The predicted molar refractivity (Wildman–Crippen MR) is 174 cm³/mol. The van der Waals surface area contributed by atoms with Gasteiger partial charge < -0.3 is 9.13 Å². The number of aromatic nitrogens is 5. The summed E-state index contributed by atoms with van der Waals surface area (Å²) in [6, 6.07) is 14.7. The first kappa shape index (κ1) is 32.4. The maximum Gasteiger partial charge on any atom is 0.156 e. The van der Waals surface area contributed by atoms with Crippen LogP contribution in [0.3, 0.4) is 0 Å². The first-order chi connectivity index (χ1) is 18.9. The number of hydrogen-bond donors (Lipinski definition) is 0. The molecule has 5 rings (SSSR count). The zero-order valence-electron chi connectivity index (χ0n) is 28.1. The number of para-hydroxylation sites is 1. The molecule has 1 aromatic carbocycles. The highest BCUT2D eigenvalue weighted by Gasteiger charge is 2.32. The molecule has 0 amide bonds. The summed E-state index contributed by atoms with van der Waals surface area (Å²) in [5.74, 6) is 2.77. The van der Waals surface area contributed by atoms with E-state index in [0.29, 0.717) is 5.41 Å². The van der Waals surface area contributed by atoms with Crippen molar-refractivity contribution in [3.05, 3.63) is 89.0 Å². The van der Waals surface area contributed by atoms with Crippen molar-refractivity contribution < 1.29 is 0 Å². The van der Waals surface area contributed by atoms with Gasteiger partial charge in [-0.1, -0.05) is 87.4 Å². The van der Waals surface area contributed by atoms with Crippen molar-refractivity contribution in [2.24, 2.45) is 14.1 Å². The molecule has 0 spiro atoms. The second-order valence-electron chi connectivity index (χ2n) is 14.6. The molecule has 0 atom stereocenters. The monoisotopic (exact) mass is 557 g/mol. The molecule has 0 saturated heterocycles. The molecule has 3 aromatic heterocycles. The van der Waals surface area contributed by atoms with Gasteiger partial charge >= 0.3 is 0 Å². The van der Waals surface area contributed by atoms with Crippen LogP contribution >= 0.6 is 0 Å². The fraction of sp³-hybridized carbons (Fsp3) is 0.556. The lowest BCUT2D eigenvalue weighted by Gasteiger charge is -2.20. The van der Waals surface area contributed by atoms with Gasteiger partial charge in [0.15, 0.2) is 5.82 Å². The normalized spacial score (nSPS) is 13.8. The highest BCUT2D eigenvalue weighted by atomic mass is 15.4. The van der Waals surface area contributed by atoms with Crippen molar-refractivity contribution in [1.29, 1.82) is 0 Å². The highest BCUT2D eigenvalue weighted by Crippen LogP contribution is 2.44. The number of benzene rings is 1. The summed E-state index contributed by atoms with van der Waals surface area (Å²) in [5.41, 5.74) is 7.59. The predicted octanol–water partition coefficient (Wildman–Crippen LogP) is 8.96. The molecule has 0 bridgehead atoms. The minimum atomic E-state index is -0.00997. The van der Waals surface area contributed by atoms with Crippen LogP contribution in [0.4, 0.5) is 0 Å². The van der Waals surface area contributed by atoms with Crippen LogP contribution in [0.1, 0.15) is 122 Å². The van der Waals surface area contributed by atoms with Crippen LogP contribution in [0.25, 0.3) is 5.69 Å². The van der Waals surface area contributed by atoms with Gasteiger partial charge in [0.1, 0.15) is 5.82 Å². The molecule has 1 fully saturated rings. The Morgan fingerprint density at radius 2 is 1.27 bits per heavy atom. The molecule has 0 aliphatic heterocycles. The molecular formula is C36H55N5. The summed E-state index contributed by atoms with van der Waals surface area (Å²) >= 11 is 0. The smallest absolute Gasteiger partial charge is 0.156 e. The molecule has 3 heterocycles. The lowest BCUT2D eigenvalue weighted by Crippen LogP contribution is -2.14. The molecule has 1 aliphatic rings. The van der Waals surface area contributed by atoms with Gasteiger partial charge in [0.25, 0.3) is 0 Å². The average molecular weight is 558 g/mol. The second-order valence-corrected chi connectivity index (χ2v) is 14.6.